The Balaban J connectivity index is 2.16. The van der Waals surface area contributed by atoms with Crippen LogP contribution >= 0.6 is 27.7 Å². The Hall–Kier alpha value is -1.27. The van der Waals surface area contributed by atoms with Crippen molar-refractivity contribution in [3.05, 3.63) is 46.5 Å². The summed E-state index contributed by atoms with van der Waals surface area (Å²) >= 11 is 4.90. The Morgan fingerprint density at radius 3 is 3.00 bits per heavy atom. The van der Waals surface area contributed by atoms with Gasteiger partial charge in [-0.25, -0.2) is 9.78 Å². The number of halogens is 1. The van der Waals surface area contributed by atoms with Gasteiger partial charge in [-0.3, -0.25) is 0 Å². The number of aromatic nitrogens is 2. The van der Waals surface area contributed by atoms with Crippen LogP contribution in [0.4, 0.5) is 0 Å². The first kappa shape index (κ1) is 15.1. The molecule has 0 amide bonds. The zero-order valence-electron chi connectivity index (χ0n) is 11.0. The minimum absolute atomic E-state index is 0.333. The minimum Gasteiger partial charge on any atom is -0.478 e. The number of aryl methyl sites for hydroxylation is 1. The Morgan fingerprint density at radius 1 is 1.50 bits per heavy atom. The van der Waals surface area contributed by atoms with Gasteiger partial charge in [0.25, 0.3) is 0 Å². The molecule has 0 spiro atoms. The molecular weight excluding hydrogens is 340 g/mol. The molecule has 0 saturated carbocycles. The van der Waals surface area contributed by atoms with E-state index in [4.69, 9.17) is 0 Å². The van der Waals surface area contributed by atoms with Crippen molar-refractivity contribution in [3.63, 3.8) is 0 Å². The van der Waals surface area contributed by atoms with Crippen molar-refractivity contribution in [3.8, 4) is 0 Å². The van der Waals surface area contributed by atoms with Crippen molar-refractivity contribution in [2.24, 2.45) is 0 Å². The molecule has 106 valence electrons. The van der Waals surface area contributed by atoms with Gasteiger partial charge in [0.15, 0.2) is 0 Å². The van der Waals surface area contributed by atoms with Crippen LogP contribution in [-0.2, 0) is 12.3 Å². The molecule has 0 atom stereocenters. The van der Waals surface area contributed by atoms with Gasteiger partial charge in [0.05, 0.1) is 11.9 Å². The molecule has 4 nitrogen and oxygen atoms in total. The fraction of sp³-hybridized carbons (Fsp3) is 0.286. The molecule has 0 aliphatic rings. The molecule has 0 bridgehead atoms. The second kappa shape index (κ2) is 6.95. The molecule has 0 radical (unpaired) electrons. The van der Waals surface area contributed by atoms with Gasteiger partial charge in [0, 0.05) is 33.6 Å². The zero-order valence-corrected chi connectivity index (χ0v) is 13.4. The van der Waals surface area contributed by atoms with E-state index >= 15 is 0 Å². The summed E-state index contributed by atoms with van der Waals surface area (Å²) in [5.41, 5.74) is 1.44. The van der Waals surface area contributed by atoms with Crippen molar-refractivity contribution in [1.29, 1.82) is 0 Å². The molecule has 20 heavy (non-hydrogen) atoms. The maximum Gasteiger partial charge on any atom is 0.336 e. The first-order valence-electron chi connectivity index (χ1n) is 6.26. The molecule has 1 aromatic heterocycles. The second-order valence-electron chi connectivity index (χ2n) is 4.31. The highest BCUT2D eigenvalue weighted by Gasteiger charge is 2.12. The monoisotopic (exact) mass is 354 g/mol. The van der Waals surface area contributed by atoms with E-state index in [0.29, 0.717) is 11.3 Å². The third kappa shape index (κ3) is 3.64. The number of aromatic carboxylic acids is 1. The van der Waals surface area contributed by atoms with Gasteiger partial charge in [-0.15, -0.1) is 11.8 Å². The van der Waals surface area contributed by atoms with Crippen LogP contribution < -0.4 is 0 Å². The third-order valence-corrected chi connectivity index (χ3v) is 4.39. The number of carboxylic acids is 1. The molecule has 1 aromatic carbocycles. The third-order valence-electron chi connectivity index (χ3n) is 2.81. The van der Waals surface area contributed by atoms with E-state index in [-0.39, 0.29) is 0 Å². The minimum atomic E-state index is -0.901. The van der Waals surface area contributed by atoms with Crippen LogP contribution in [-0.4, -0.2) is 20.6 Å². The molecule has 0 saturated heterocycles. The number of hydrogen-bond donors (Lipinski definition) is 1. The maximum absolute atomic E-state index is 11.2. The average molecular weight is 355 g/mol. The quantitative estimate of drug-likeness (QED) is 0.795. The molecular formula is C14H15BrN2O2S. The second-order valence-corrected chi connectivity index (χ2v) is 6.25. The lowest BCUT2D eigenvalue weighted by Crippen LogP contribution is -2.01. The van der Waals surface area contributed by atoms with Crippen LogP contribution in [0, 0.1) is 0 Å². The Bertz CT molecular complexity index is 613. The van der Waals surface area contributed by atoms with Gasteiger partial charge in [-0.2, -0.15) is 0 Å². The van der Waals surface area contributed by atoms with Crippen LogP contribution in [0.25, 0.3) is 0 Å². The van der Waals surface area contributed by atoms with Gasteiger partial charge in [0.2, 0.25) is 0 Å². The van der Waals surface area contributed by atoms with Crippen molar-refractivity contribution in [1.82, 2.24) is 9.55 Å². The highest BCUT2D eigenvalue weighted by Crippen LogP contribution is 2.29. The summed E-state index contributed by atoms with van der Waals surface area (Å²) in [6.07, 6.45) is 4.70. The zero-order chi connectivity index (χ0) is 14.5. The molecule has 0 aliphatic carbocycles. The predicted molar refractivity (Wildman–Crippen MR) is 83.2 cm³/mol. The number of carboxylic acid groups (broad SMARTS) is 1. The van der Waals surface area contributed by atoms with E-state index in [2.05, 4.69) is 32.4 Å². The highest BCUT2D eigenvalue weighted by molar-refractivity contribution is 9.10. The summed E-state index contributed by atoms with van der Waals surface area (Å²) in [6.45, 7) is 3.05. The SMILES string of the molecule is CCCn1cncc1CSc1cc(Br)ccc1C(=O)O. The van der Waals surface area contributed by atoms with Gasteiger partial charge in [0.1, 0.15) is 0 Å². The number of benzene rings is 1. The lowest BCUT2D eigenvalue weighted by Gasteiger charge is -2.08. The summed E-state index contributed by atoms with van der Waals surface area (Å²) in [5, 5.41) is 9.21. The number of rotatable bonds is 6. The van der Waals surface area contributed by atoms with Gasteiger partial charge >= 0.3 is 5.97 Å². The average Bonchev–Trinajstić information content (AvgIpc) is 2.84. The molecule has 6 heteroatoms. The van der Waals surface area contributed by atoms with Crippen molar-refractivity contribution >= 4 is 33.7 Å². The van der Waals surface area contributed by atoms with Crippen molar-refractivity contribution in [2.75, 3.05) is 0 Å². The Morgan fingerprint density at radius 2 is 2.30 bits per heavy atom. The van der Waals surface area contributed by atoms with E-state index in [1.807, 2.05) is 18.6 Å². The molecule has 0 aliphatic heterocycles. The van der Waals surface area contributed by atoms with Crippen molar-refractivity contribution in [2.45, 2.75) is 30.5 Å². The molecule has 2 aromatic rings. The van der Waals surface area contributed by atoms with Crippen LogP contribution in [0.1, 0.15) is 29.4 Å². The molecule has 1 N–H and O–H groups in total. The summed E-state index contributed by atoms with van der Waals surface area (Å²) in [7, 11) is 0. The molecule has 0 fully saturated rings. The summed E-state index contributed by atoms with van der Waals surface area (Å²) in [5.74, 6) is -0.196. The Labute approximate surface area is 130 Å². The lowest BCUT2D eigenvalue weighted by molar-refractivity contribution is 0.0693. The normalized spacial score (nSPS) is 10.7. The molecule has 1 heterocycles. The lowest BCUT2D eigenvalue weighted by atomic mass is 10.2. The van der Waals surface area contributed by atoms with Crippen LogP contribution in [0.15, 0.2) is 40.1 Å². The largest absolute Gasteiger partial charge is 0.478 e. The van der Waals surface area contributed by atoms with E-state index in [9.17, 15) is 9.90 Å². The van der Waals surface area contributed by atoms with Crippen molar-refractivity contribution < 1.29 is 9.90 Å². The predicted octanol–water partition coefficient (Wildman–Crippen LogP) is 4.05. The topological polar surface area (TPSA) is 55.1 Å². The van der Waals surface area contributed by atoms with Crippen LogP contribution in [0.2, 0.25) is 0 Å². The fourth-order valence-corrected chi connectivity index (χ4v) is 3.43. The standard InChI is InChI=1S/C14H15BrN2O2S/c1-2-5-17-9-16-7-11(17)8-20-13-6-10(15)3-4-12(13)14(18)19/h3-4,6-7,9H,2,5,8H2,1H3,(H,18,19). The van der Waals surface area contributed by atoms with E-state index in [0.717, 1.165) is 28.0 Å². The number of nitrogens with zero attached hydrogens (tertiary/aromatic N) is 2. The first-order valence-corrected chi connectivity index (χ1v) is 8.04. The summed E-state index contributed by atoms with van der Waals surface area (Å²) in [4.78, 5) is 16.1. The number of imidazole rings is 1. The maximum atomic E-state index is 11.2. The van der Waals surface area contributed by atoms with Gasteiger partial charge in [-0.05, 0) is 24.6 Å². The first-order chi connectivity index (χ1) is 9.61. The summed E-state index contributed by atoms with van der Waals surface area (Å²) in [6, 6.07) is 5.21. The van der Waals surface area contributed by atoms with Crippen LogP contribution in [0.5, 0.6) is 0 Å². The fourth-order valence-electron chi connectivity index (χ4n) is 1.85. The van der Waals surface area contributed by atoms with Gasteiger partial charge in [-0.1, -0.05) is 22.9 Å². The van der Waals surface area contributed by atoms with E-state index in [1.165, 1.54) is 11.8 Å². The smallest absolute Gasteiger partial charge is 0.336 e. The van der Waals surface area contributed by atoms with E-state index in [1.54, 1.807) is 12.1 Å². The number of hydrogen-bond acceptors (Lipinski definition) is 3. The Kier molecular flexibility index (Phi) is 5.25. The molecule has 2 rings (SSSR count). The number of thioether (sulfide) groups is 1. The van der Waals surface area contributed by atoms with E-state index < -0.39 is 5.97 Å². The molecule has 0 unspecified atom stereocenters. The highest BCUT2D eigenvalue weighted by atomic mass is 79.9. The van der Waals surface area contributed by atoms with Crippen LogP contribution in [0.3, 0.4) is 0 Å². The summed E-state index contributed by atoms with van der Waals surface area (Å²) < 4.78 is 2.98. The number of carbonyl (C=O) groups is 1. The van der Waals surface area contributed by atoms with Gasteiger partial charge < -0.3 is 9.67 Å².